The van der Waals surface area contributed by atoms with Gasteiger partial charge in [-0.2, -0.15) is 0 Å². The van der Waals surface area contributed by atoms with Gasteiger partial charge < -0.3 is 5.32 Å². The molecule has 0 amide bonds. The Morgan fingerprint density at radius 1 is 1.29 bits per heavy atom. The molecule has 0 aromatic heterocycles. The highest BCUT2D eigenvalue weighted by Crippen LogP contribution is 2.32. The summed E-state index contributed by atoms with van der Waals surface area (Å²) in [6.45, 7) is 11.9. The lowest BCUT2D eigenvalue weighted by Crippen LogP contribution is -2.31. The van der Waals surface area contributed by atoms with Crippen molar-refractivity contribution >= 4 is 0 Å². The first-order valence-electron chi connectivity index (χ1n) is 5.98. The molecule has 14 heavy (non-hydrogen) atoms. The number of hydrogen-bond donors (Lipinski definition) is 1. The minimum atomic E-state index is 0.633. The van der Waals surface area contributed by atoms with E-state index in [0.29, 0.717) is 6.04 Å². The van der Waals surface area contributed by atoms with Crippen LogP contribution in [0.15, 0.2) is 12.2 Å². The normalized spacial score (nSPS) is 28.0. The Labute approximate surface area is 89.0 Å². The summed E-state index contributed by atoms with van der Waals surface area (Å²) >= 11 is 0. The van der Waals surface area contributed by atoms with Crippen LogP contribution in [-0.4, -0.2) is 12.6 Å². The summed E-state index contributed by atoms with van der Waals surface area (Å²) in [6.07, 6.45) is 5.49. The third-order valence-electron chi connectivity index (χ3n) is 3.36. The van der Waals surface area contributed by atoms with E-state index in [-0.39, 0.29) is 0 Å². The summed E-state index contributed by atoms with van der Waals surface area (Å²) in [5.41, 5.74) is 1.39. The van der Waals surface area contributed by atoms with Crippen LogP contribution in [0.2, 0.25) is 0 Å². The Morgan fingerprint density at radius 2 is 1.86 bits per heavy atom. The molecule has 1 heteroatoms. The smallest absolute Gasteiger partial charge is 0.00104 e. The van der Waals surface area contributed by atoms with Gasteiger partial charge in [0.2, 0.25) is 0 Å². The Bertz CT molecular complexity index is 176. The second kappa shape index (κ2) is 5.55. The lowest BCUT2D eigenvalue weighted by molar-refractivity contribution is 0.287. The van der Waals surface area contributed by atoms with Gasteiger partial charge in [-0.25, -0.2) is 0 Å². The number of rotatable bonds is 4. The fourth-order valence-corrected chi connectivity index (χ4v) is 2.26. The van der Waals surface area contributed by atoms with Crippen LogP contribution in [-0.2, 0) is 0 Å². The molecule has 1 N–H and O–H groups in total. The highest BCUT2D eigenvalue weighted by molar-refractivity contribution is 4.98. The highest BCUT2D eigenvalue weighted by Gasteiger charge is 2.21. The van der Waals surface area contributed by atoms with E-state index >= 15 is 0 Å². The van der Waals surface area contributed by atoms with E-state index in [4.69, 9.17) is 0 Å². The Kier molecular flexibility index (Phi) is 4.67. The molecule has 0 heterocycles. The molecule has 0 aromatic carbocycles. The third kappa shape index (κ3) is 3.83. The first-order chi connectivity index (χ1) is 6.59. The van der Waals surface area contributed by atoms with Crippen molar-refractivity contribution in [2.75, 3.05) is 6.54 Å². The summed E-state index contributed by atoms with van der Waals surface area (Å²) in [7, 11) is 0. The van der Waals surface area contributed by atoms with Gasteiger partial charge in [0.25, 0.3) is 0 Å². The first kappa shape index (κ1) is 11.8. The summed E-state index contributed by atoms with van der Waals surface area (Å²) in [6, 6.07) is 0.633. The van der Waals surface area contributed by atoms with E-state index in [9.17, 15) is 0 Å². The average Bonchev–Trinajstić information content (AvgIpc) is 2.15. The molecule has 0 radical (unpaired) electrons. The van der Waals surface area contributed by atoms with Crippen LogP contribution < -0.4 is 5.32 Å². The zero-order chi connectivity index (χ0) is 10.6. The molecule has 0 spiro atoms. The molecule has 0 aliphatic heterocycles. The van der Waals surface area contributed by atoms with Gasteiger partial charge >= 0.3 is 0 Å². The number of allylic oxidation sites excluding steroid dienone is 1. The SMILES string of the molecule is C=C(C)C1CCC(CNC(C)C)CC1. The maximum absolute atomic E-state index is 4.06. The lowest BCUT2D eigenvalue weighted by atomic mass is 9.79. The molecule has 0 unspecified atom stereocenters. The van der Waals surface area contributed by atoms with Gasteiger partial charge in [-0.1, -0.05) is 26.0 Å². The lowest BCUT2D eigenvalue weighted by Gasteiger charge is -2.29. The minimum absolute atomic E-state index is 0.633. The van der Waals surface area contributed by atoms with Gasteiger partial charge in [0, 0.05) is 6.04 Å². The minimum Gasteiger partial charge on any atom is -0.314 e. The van der Waals surface area contributed by atoms with Crippen LogP contribution in [0.25, 0.3) is 0 Å². The largest absolute Gasteiger partial charge is 0.314 e. The van der Waals surface area contributed by atoms with E-state index in [2.05, 4.69) is 32.7 Å². The van der Waals surface area contributed by atoms with Crippen molar-refractivity contribution in [3.8, 4) is 0 Å². The molecule has 0 atom stereocenters. The van der Waals surface area contributed by atoms with Crippen LogP contribution in [0.3, 0.4) is 0 Å². The molecule has 1 nitrogen and oxygen atoms in total. The maximum Gasteiger partial charge on any atom is 0.00104 e. The first-order valence-corrected chi connectivity index (χ1v) is 5.98. The van der Waals surface area contributed by atoms with E-state index in [1.165, 1.54) is 37.8 Å². The zero-order valence-electron chi connectivity index (χ0n) is 9.97. The summed E-state index contributed by atoms with van der Waals surface area (Å²) in [4.78, 5) is 0. The van der Waals surface area contributed by atoms with Crippen molar-refractivity contribution in [2.45, 2.75) is 52.5 Å². The average molecular weight is 195 g/mol. The Balaban J connectivity index is 2.19. The van der Waals surface area contributed by atoms with Gasteiger partial charge in [0.15, 0.2) is 0 Å². The van der Waals surface area contributed by atoms with Crippen molar-refractivity contribution in [3.63, 3.8) is 0 Å². The maximum atomic E-state index is 4.06. The van der Waals surface area contributed by atoms with Crippen molar-refractivity contribution in [2.24, 2.45) is 11.8 Å². The van der Waals surface area contributed by atoms with Crippen LogP contribution in [0, 0.1) is 11.8 Å². The van der Waals surface area contributed by atoms with Crippen LogP contribution >= 0.6 is 0 Å². The van der Waals surface area contributed by atoms with Gasteiger partial charge in [-0.3, -0.25) is 0 Å². The predicted octanol–water partition coefficient (Wildman–Crippen LogP) is 3.37. The predicted molar refractivity (Wildman–Crippen MR) is 63.4 cm³/mol. The monoisotopic (exact) mass is 195 g/mol. The second-order valence-electron chi connectivity index (χ2n) is 5.13. The van der Waals surface area contributed by atoms with Crippen LogP contribution in [0.5, 0.6) is 0 Å². The van der Waals surface area contributed by atoms with Crippen molar-refractivity contribution in [1.29, 1.82) is 0 Å². The second-order valence-corrected chi connectivity index (χ2v) is 5.13. The fourth-order valence-electron chi connectivity index (χ4n) is 2.26. The molecule has 82 valence electrons. The van der Waals surface area contributed by atoms with E-state index in [1.54, 1.807) is 0 Å². The van der Waals surface area contributed by atoms with Gasteiger partial charge in [0.05, 0.1) is 0 Å². The summed E-state index contributed by atoms with van der Waals surface area (Å²) in [5.74, 6) is 1.72. The number of hydrogen-bond acceptors (Lipinski definition) is 1. The molecule has 0 saturated heterocycles. The van der Waals surface area contributed by atoms with E-state index in [1.807, 2.05) is 0 Å². The van der Waals surface area contributed by atoms with Crippen molar-refractivity contribution in [1.82, 2.24) is 5.32 Å². The zero-order valence-corrected chi connectivity index (χ0v) is 9.97. The molecule has 0 aromatic rings. The van der Waals surface area contributed by atoms with Gasteiger partial charge in [-0.05, 0) is 51.0 Å². The molecule has 1 rings (SSSR count). The molecule has 1 aliphatic rings. The van der Waals surface area contributed by atoms with Crippen LogP contribution in [0.4, 0.5) is 0 Å². The Hall–Kier alpha value is -0.300. The number of nitrogens with one attached hydrogen (secondary N) is 1. The quantitative estimate of drug-likeness (QED) is 0.678. The summed E-state index contributed by atoms with van der Waals surface area (Å²) in [5, 5.41) is 3.54. The van der Waals surface area contributed by atoms with E-state index in [0.717, 1.165) is 11.8 Å². The molecule has 0 bridgehead atoms. The third-order valence-corrected chi connectivity index (χ3v) is 3.36. The van der Waals surface area contributed by atoms with Crippen molar-refractivity contribution < 1.29 is 0 Å². The fraction of sp³-hybridized carbons (Fsp3) is 0.846. The van der Waals surface area contributed by atoms with Crippen LogP contribution in [0.1, 0.15) is 46.5 Å². The van der Waals surface area contributed by atoms with Gasteiger partial charge in [-0.15, -0.1) is 0 Å². The summed E-state index contributed by atoms with van der Waals surface area (Å²) < 4.78 is 0. The standard InChI is InChI=1S/C13H25N/c1-10(2)13-7-5-12(6-8-13)9-14-11(3)4/h11-14H,1,5-9H2,2-4H3. The van der Waals surface area contributed by atoms with E-state index < -0.39 is 0 Å². The van der Waals surface area contributed by atoms with Gasteiger partial charge in [0.1, 0.15) is 0 Å². The molecule has 1 aliphatic carbocycles. The molecular weight excluding hydrogens is 170 g/mol. The Morgan fingerprint density at radius 3 is 2.29 bits per heavy atom. The van der Waals surface area contributed by atoms with Crippen molar-refractivity contribution in [3.05, 3.63) is 12.2 Å². The highest BCUT2D eigenvalue weighted by atomic mass is 14.9. The molecule has 1 saturated carbocycles. The topological polar surface area (TPSA) is 12.0 Å². The molecular formula is C13H25N. The molecule has 1 fully saturated rings.